The Bertz CT molecular complexity index is 474. The summed E-state index contributed by atoms with van der Waals surface area (Å²) in [4.78, 5) is 0. The second-order valence-electron chi connectivity index (χ2n) is 5.21. The lowest BCUT2D eigenvalue weighted by Gasteiger charge is -2.07. The lowest BCUT2D eigenvalue weighted by molar-refractivity contribution is 0.413. The summed E-state index contributed by atoms with van der Waals surface area (Å²) < 4.78 is 5.15. The standard InChI is InChI=1S/C14H18N2O/c1-14(2)11(8-16)13(14)9-4-5-12(17-3)10(6-9)7-15/h4-6,11,13H,8,16H2,1-3H3. The number of ether oxygens (including phenoxy) is 1. The number of benzene rings is 1. The van der Waals surface area contributed by atoms with Crippen LogP contribution >= 0.6 is 0 Å². The highest BCUT2D eigenvalue weighted by atomic mass is 16.5. The second kappa shape index (κ2) is 4.05. The Morgan fingerprint density at radius 3 is 2.65 bits per heavy atom. The van der Waals surface area contributed by atoms with Crippen molar-refractivity contribution in [2.24, 2.45) is 17.1 Å². The SMILES string of the molecule is COc1ccc(C2C(CN)C2(C)C)cc1C#N. The number of nitrogens with zero attached hydrogens (tertiary/aromatic N) is 1. The fourth-order valence-electron chi connectivity index (χ4n) is 2.85. The van der Waals surface area contributed by atoms with Crippen LogP contribution in [0.15, 0.2) is 18.2 Å². The Hall–Kier alpha value is -1.53. The summed E-state index contributed by atoms with van der Waals surface area (Å²) >= 11 is 0. The van der Waals surface area contributed by atoms with Gasteiger partial charge in [0.1, 0.15) is 11.8 Å². The highest BCUT2D eigenvalue weighted by Gasteiger charge is 2.57. The van der Waals surface area contributed by atoms with E-state index in [4.69, 9.17) is 15.7 Å². The van der Waals surface area contributed by atoms with Crippen molar-refractivity contribution in [2.75, 3.05) is 13.7 Å². The fraction of sp³-hybridized carbons (Fsp3) is 0.500. The Morgan fingerprint density at radius 2 is 2.18 bits per heavy atom. The largest absolute Gasteiger partial charge is 0.495 e. The first-order chi connectivity index (χ1) is 8.06. The zero-order valence-electron chi connectivity index (χ0n) is 10.5. The molecule has 1 aliphatic carbocycles. The molecule has 1 aliphatic rings. The molecule has 0 saturated heterocycles. The van der Waals surface area contributed by atoms with E-state index >= 15 is 0 Å². The third-order valence-corrected chi connectivity index (χ3v) is 4.01. The van der Waals surface area contributed by atoms with Crippen LogP contribution in [-0.4, -0.2) is 13.7 Å². The summed E-state index contributed by atoms with van der Waals surface area (Å²) in [6, 6.07) is 8.02. The molecular weight excluding hydrogens is 212 g/mol. The van der Waals surface area contributed by atoms with Gasteiger partial charge in [0.25, 0.3) is 0 Å². The maximum atomic E-state index is 9.07. The zero-order chi connectivity index (χ0) is 12.6. The molecule has 0 radical (unpaired) electrons. The first-order valence-electron chi connectivity index (χ1n) is 5.84. The van der Waals surface area contributed by atoms with Crippen molar-refractivity contribution in [1.29, 1.82) is 5.26 Å². The predicted octanol–water partition coefficient (Wildman–Crippen LogP) is 2.27. The average molecular weight is 230 g/mol. The Balaban J connectivity index is 2.34. The van der Waals surface area contributed by atoms with Gasteiger partial charge in [0.15, 0.2) is 0 Å². The lowest BCUT2D eigenvalue weighted by Crippen LogP contribution is -2.05. The van der Waals surface area contributed by atoms with Gasteiger partial charge in [-0.1, -0.05) is 19.9 Å². The van der Waals surface area contributed by atoms with Gasteiger partial charge in [-0.3, -0.25) is 0 Å². The Morgan fingerprint density at radius 1 is 1.47 bits per heavy atom. The maximum absolute atomic E-state index is 9.07. The van der Waals surface area contributed by atoms with Gasteiger partial charge in [-0.15, -0.1) is 0 Å². The minimum atomic E-state index is 0.246. The number of nitriles is 1. The van der Waals surface area contributed by atoms with Gasteiger partial charge in [-0.2, -0.15) is 5.26 Å². The van der Waals surface area contributed by atoms with Crippen LogP contribution in [0.2, 0.25) is 0 Å². The molecule has 17 heavy (non-hydrogen) atoms. The molecule has 0 amide bonds. The Kier molecular flexibility index (Phi) is 2.84. The molecule has 3 nitrogen and oxygen atoms in total. The molecule has 90 valence electrons. The summed E-state index contributed by atoms with van der Waals surface area (Å²) in [6.45, 7) is 5.16. The van der Waals surface area contributed by atoms with Crippen LogP contribution in [-0.2, 0) is 0 Å². The normalized spacial score (nSPS) is 25.1. The molecule has 2 unspecified atom stereocenters. The van der Waals surface area contributed by atoms with Crippen molar-refractivity contribution in [3.05, 3.63) is 29.3 Å². The number of rotatable bonds is 3. The molecule has 2 rings (SSSR count). The summed E-state index contributed by atoms with van der Waals surface area (Å²) in [5.41, 5.74) is 7.82. The molecule has 0 spiro atoms. The van der Waals surface area contributed by atoms with Crippen LogP contribution in [0.5, 0.6) is 5.75 Å². The van der Waals surface area contributed by atoms with Crippen molar-refractivity contribution in [3.8, 4) is 11.8 Å². The summed E-state index contributed by atoms with van der Waals surface area (Å²) in [6.07, 6.45) is 0. The predicted molar refractivity (Wildman–Crippen MR) is 66.8 cm³/mol. The van der Waals surface area contributed by atoms with Crippen LogP contribution in [0.4, 0.5) is 0 Å². The molecule has 0 aromatic heterocycles. The van der Waals surface area contributed by atoms with Gasteiger partial charge in [0, 0.05) is 0 Å². The summed E-state index contributed by atoms with van der Waals surface area (Å²) in [5.74, 6) is 1.62. The smallest absolute Gasteiger partial charge is 0.136 e. The third kappa shape index (κ3) is 1.79. The van der Waals surface area contributed by atoms with E-state index in [1.54, 1.807) is 7.11 Å². The fourth-order valence-corrected chi connectivity index (χ4v) is 2.85. The molecule has 1 aromatic carbocycles. The molecule has 1 saturated carbocycles. The van der Waals surface area contributed by atoms with Crippen molar-refractivity contribution >= 4 is 0 Å². The van der Waals surface area contributed by atoms with Crippen molar-refractivity contribution < 1.29 is 4.74 Å². The molecule has 0 aliphatic heterocycles. The number of nitrogens with two attached hydrogens (primary N) is 1. The van der Waals surface area contributed by atoms with Crippen LogP contribution in [0.25, 0.3) is 0 Å². The van der Waals surface area contributed by atoms with E-state index in [2.05, 4.69) is 19.9 Å². The van der Waals surface area contributed by atoms with E-state index < -0.39 is 0 Å². The van der Waals surface area contributed by atoms with Crippen LogP contribution < -0.4 is 10.5 Å². The van der Waals surface area contributed by atoms with E-state index in [-0.39, 0.29) is 5.41 Å². The van der Waals surface area contributed by atoms with Gasteiger partial charge in [0.05, 0.1) is 12.7 Å². The quantitative estimate of drug-likeness (QED) is 0.866. The van der Waals surface area contributed by atoms with E-state index in [9.17, 15) is 0 Å². The minimum Gasteiger partial charge on any atom is -0.495 e. The van der Waals surface area contributed by atoms with Crippen LogP contribution in [0.3, 0.4) is 0 Å². The average Bonchev–Trinajstić information content (AvgIpc) is 2.90. The maximum Gasteiger partial charge on any atom is 0.136 e. The molecule has 0 heterocycles. The first-order valence-corrected chi connectivity index (χ1v) is 5.84. The molecule has 2 N–H and O–H groups in total. The van der Waals surface area contributed by atoms with Crippen LogP contribution in [0, 0.1) is 22.7 Å². The number of hydrogen-bond acceptors (Lipinski definition) is 3. The summed E-state index contributed by atoms with van der Waals surface area (Å²) in [5, 5.41) is 9.07. The molecule has 1 aromatic rings. The van der Waals surface area contributed by atoms with Gasteiger partial charge in [0.2, 0.25) is 0 Å². The zero-order valence-corrected chi connectivity index (χ0v) is 10.5. The van der Waals surface area contributed by atoms with Gasteiger partial charge >= 0.3 is 0 Å². The Labute approximate surface area is 102 Å². The molecule has 2 atom stereocenters. The van der Waals surface area contributed by atoms with E-state index in [1.165, 1.54) is 5.56 Å². The van der Waals surface area contributed by atoms with E-state index in [1.807, 2.05) is 18.2 Å². The molecule has 3 heteroatoms. The monoisotopic (exact) mass is 230 g/mol. The molecule has 0 bridgehead atoms. The third-order valence-electron chi connectivity index (χ3n) is 4.01. The van der Waals surface area contributed by atoms with E-state index in [0.29, 0.717) is 29.7 Å². The highest BCUT2D eigenvalue weighted by Crippen LogP contribution is 2.63. The van der Waals surface area contributed by atoms with Crippen molar-refractivity contribution in [2.45, 2.75) is 19.8 Å². The van der Waals surface area contributed by atoms with Gasteiger partial charge in [-0.25, -0.2) is 0 Å². The summed E-state index contributed by atoms with van der Waals surface area (Å²) in [7, 11) is 1.58. The molecule has 1 fully saturated rings. The van der Waals surface area contributed by atoms with E-state index in [0.717, 1.165) is 0 Å². The number of methoxy groups -OCH3 is 1. The minimum absolute atomic E-state index is 0.246. The molecular formula is C14H18N2O. The highest BCUT2D eigenvalue weighted by molar-refractivity contribution is 5.48. The van der Waals surface area contributed by atoms with Gasteiger partial charge in [-0.05, 0) is 41.5 Å². The number of hydrogen-bond donors (Lipinski definition) is 1. The first kappa shape index (κ1) is 11.9. The van der Waals surface area contributed by atoms with Crippen molar-refractivity contribution in [3.63, 3.8) is 0 Å². The topological polar surface area (TPSA) is 59.0 Å². The second-order valence-corrected chi connectivity index (χ2v) is 5.21. The van der Waals surface area contributed by atoms with Gasteiger partial charge < -0.3 is 10.5 Å². The van der Waals surface area contributed by atoms with Crippen LogP contribution in [0.1, 0.15) is 30.9 Å². The van der Waals surface area contributed by atoms with Crippen molar-refractivity contribution in [1.82, 2.24) is 0 Å². The lowest BCUT2D eigenvalue weighted by atomic mass is 10.0.